The molecule has 0 radical (unpaired) electrons. The summed E-state index contributed by atoms with van der Waals surface area (Å²) in [4.78, 5) is 20.5. The average Bonchev–Trinajstić information content (AvgIpc) is 2.94. The molecule has 7 nitrogen and oxygen atoms in total. The standard InChI is InChI=1S/C17H18BrN5O2/c1-10-13(11(2)23-17(20-10)21-16(19)22-23)7-8-15(24)25-9-12-5-3-4-6-14(12)18/h3-6H,7-9H2,1-2H3,(H2,19,22). The number of nitrogens with zero attached hydrogens (tertiary/aromatic N) is 4. The summed E-state index contributed by atoms with van der Waals surface area (Å²) in [5, 5.41) is 4.13. The van der Waals surface area contributed by atoms with Crippen LogP contribution in [0, 0.1) is 13.8 Å². The Bertz CT molecular complexity index is 938. The molecule has 130 valence electrons. The summed E-state index contributed by atoms with van der Waals surface area (Å²) in [6.45, 7) is 4.05. The highest BCUT2D eigenvalue weighted by molar-refractivity contribution is 9.10. The lowest BCUT2D eigenvalue weighted by molar-refractivity contribution is -0.144. The zero-order valence-corrected chi connectivity index (χ0v) is 15.6. The van der Waals surface area contributed by atoms with E-state index in [-0.39, 0.29) is 24.9 Å². The smallest absolute Gasteiger partial charge is 0.306 e. The van der Waals surface area contributed by atoms with Gasteiger partial charge in [0.1, 0.15) is 6.61 Å². The van der Waals surface area contributed by atoms with Crippen molar-refractivity contribution in [2.75, 3.05) is 5.73 Å². The number of hydrogen-bond donors (Lipinski definition) is 1. The molecule has 8 heteroatoms. The van der Waals surface area contributed by atoms with Gasteiger partial charge in [0.2, 0.25) is 5.95 Å². The summed E-state index contributed by atoms with van der Waals surface area (Å²) < 4.78 is 7.88. The first kappa shape index (κ1) is 17.3. The van der Waals surface area contributed by atoms with E-state index in [1.54, 1.807) is 4.52 Å². The Hall–Kier alpha value is -2.48. The van der Waals surface area contributed by atoms with Crippen molar-refractivity contribution in [2.24, 2.45) is 0 Å². The summed E-state index contributed by atoms with van der Waals surface area (Å²) >= 11 is 3.44. The molecule has 0 saturated heterocycles. The maximum atomic E-state index is 12.1. The number of halogens is 1. The maximum absolute atomic E-state index is 12.1. The molecule has 0 atom stereocenters. The van der Waals surface area contributed by atoms with Crippen molar-refractivity contribution in [3.05, 3.63) is 51.3 Å². The number of rotatable bonds is 5. The van der Waals surface area contributed by atoms with Crippen LogP contribution in [0.2, 0.25) is 0 Å². The van der Waals surface area contributed by atoms with Gasteiger partial charge in [-0.1, -0.05) is 34.1 Å². The highest BCUT2D eigenvalue weighted by atomic mass is 79.9. The van der Waals surface area contributed by atoms with E-state index in [9.17, 15) is 4.79 Å². The second-order valence-corrected chi connectivity index (χ2v) is 6.55. The number of ether oxygens (including phenoxy) is 1. The number of nitrogens with two attached hydrogens (primary N) is 1. The van der Waals surface area contributed by atoms with Gasteiger partial charge in [0, 0.05) is 27.8 Å². The van der Waals surface area contributed by atoms with Crippen molar-refractivity contribution in [3.63, 3.8) is 0 Å². The van der Waals surface area contributed by atoms with Gasteiger partial charge in [-0.05, 0) is 31.9 Å². The Kier molecular flexibility index (Phi) is 4.98. The summed E-state index contributed by atoms with van der Waals surface area (Å²) in [5.41, 5.74) is 9.21. The molecule has 0 aliphatic carbocycles. The lowest BCUT2D eigenvalue weighted by Gasteiger charge is -2.10. The van der Waals surface area contributed by atoms with E-state index in [0.717, 1.165) is 27.0 Å². The summed E-state index contributed by atoms with van der Waals surface area (Å²) in [7, 11) is 0. The van der Waals surface area contributed by atoms with Crippen LogP contribution in [-0.2, 0) is 22.6 Å². The second kappa shape index (κ2) is 7.18. The van der Waals surface area contributed by atoms with Crippen LogP contribution in [0.4, 0.5) is 5.95 Å². The first-order valence-electron chi connectivity index (χ1n) is 7.83. The summed E-state index contributed by atoms with van der Waals surface area (Å²) in [6.07, 6.45) is 0.790. The van der Waals surface area contributed by atoms with Gasteiger partial charge in [0.15, 0.2) is 0 Å². The molecule has 3 rings (SSSR count). The van der Waals surface area contributed by atoms with Crippen LogP contribution in [0.1, 0.15) is 28.9 Å². The molecule has 0 spiro atoms. The van der Waals surface area contributed by atoms with Gasteiger partial charge in [-0.15, -0.1) is 5.10 Å². The molecule has 0 bridgehead atoms. The number of aryl methyl sites for hydroxylation is 2. The Morgan fingerprint density at radius 3 is 2.80 bits per heavy atom. The quantitative estimate of drug-likeness (QED) is 0.657. The number of carbonyl (C=O) groups excluding carboxylic acids is 1. The zero-order valence-electron chi connectivity index (χ0n) is 14.0. The SMILES string of the molecule is Cc1nc2nc(N)nn2c(C)c1CCC(=O)OCc1ccccc1Br. The lowest BCUT2D eigenvalue weighted by Crippen LogP contribution is -2.10. The normalized spacial score (nSPS) is 11.0. The van der Waals surface area contributed by atoms with E-state index in [1.807, 2.05) is 38.1 Å². The number of esters is 1. The summed E-state index contributed by atoms with van der Waals surface area (Å²) in [5.74, 6) is 0.389. The number of benzene rings is 1. The molecule has 25 heavy (non-hydrogen) atoms. The fourth-order valence-electron chi connectivity index (χ4n) is 2.66. The third-order valence-electron chi connectivity index (χ3n) is 3.99. The van der Waals surface area contributed by atoms with E-state index in [2.05, 4.69) is 31.0 Å². The largest absolute Gasteiger partial charge is 0.461 e. The fourth-order valence-corrected chi connectivity index (χ4v) is 3.06. The van der Waals surface area contributed by atoms with Gasteiger partial charge in [-0.25, -0.2) is 4.98 Å². The minimum Gasteiger partial charge on any atom is -0.461 e. The molecule has 3 aromatic rings. The van der Waals surface area contributed by atoms with Crippen LogP contribution in [0.25, 0.3) is 5.78 Å². The van der Waals surface area contributed by atoms with Gasteiger partial charge in [0.05, 0.1) is 0 Å². The Balaban J connectivity index is 1.66. The molecule has 0 unspecified atom stereocenters. The molecule has 0 fully saturated rings. The van der Waals surface area contributed by atoms with E-state index in [0.29, 0.717) is 12.2 Å². The molecular weight excluding hydrogens is 386 g/mol. The van der Waals surface area contributed by atoms with Gasteiger partial charge < -0.3 is 10.5 Å². The van der Waals surface area contributed by atoms with Crippen LogP contribution in [-0.4, -0.2) is 25.6 Å². The van der Waals surface area contributed by atoms with Gasteiger partial charge >= 0.3 is 5.97 Å². The van der Waals surface area contributed by atoms with Crippen molar-refractivity contribution < 1.29 is 9.53 Å². The second-order valence-electron chi connectivity index (χ2n) is 5.70. The number of anilines is 1. The van der Waals surface area contributed by atoms with E-state index < -0.39 is 0 Å². The van der Waals surface area contributed by atoms with Crippen LogP contribution in [0.3, 0.4) is 0 Å². The third-order valence-corrected chi connectivity index (χ3v) is 4.76. The average molecular weight is 404 g/mol. The Morgan fingerprint density at radius 2 is 2.04 bits per heavy atom. The maximum Gasteiger partial charge on any atom is 0.306 e. The molecular formula is C17H18BrN5O2. The molecule has 1 aromatic carbocycles. The molecule has 0 saturated carbocycles. The molecule has 2 aromatic heterocycles. The first-order chi connectivity index (χ1) is 12.0. The predicted octanol–water partition coefficient (Wildman–Crippen LogP) is 2.76. The van der Waals surface area contributed by atoms with Gasteiger partial charge in [0.25, 0.3) is 5.78 Å². The highest BCUT2D eigenvalue weighted by Crippen LogP contribution is 2.18. The minimum atomic E-state index is -0.257. The number of aromatic nitrogens is 4. The topological polar surface area (TPSA) is 95.4 Å². The highest BCUT2D eigenvalue weighted by Gasteiger charge is 2.14. The van der Waals surface area contributed by atoms with Crippen molar-refractivity contribution >= 4 is 33.6 Å². The molecule has 0 aliphatic heterocycles. The molecule has 2 heterocycles. The number of carbonyl (C=O) groups is 1. The monoisotopic (exact) mass is 403 g/mol. The van der Waals surface area contributed by atoms with Crippen LogP contribution < -0.4 is 5.73 Å². The van der Waals surface area contributed by atoms with Crippen molar-refractivity contribution in [2.45, 2.75) is 33.3 Å². The summed E-state index contributed by atoms with van der Waals surface area (Å²) in [6, 6.07) is 7.66. The lowest BCUT2D eigenvalue weighted by atomic mass is 10.1. The third kappa shape index (κ3) is 3.79. The van der Waals surface area contributed by atoms with E-state index in [4.69, 9.17) is 10.5 Å². The van der Waals surface area contributed by atoms with Gasteiger partial charge in [-0.2, -0.15) is 9.50 Å². The van der Waals surface area contributed by atoms with Crippen LogP contribution in [0.5, 0.6) is 0 Å². The van der Waals surface area contributed by atoms with Crippen molar-refractivity contribution in [1.29, 1.82) is 0 Å². The number of hydrogen-bond acceptors (Lipinski definition) is 6. The Labute approximate surface area is 153 Å². The van der Waals surface area contributed by atoms with Crippen LogP contribution in [0.15, 0.2) is 28.7 Å². The number of nitrogen functional groups attached to an aromatic ring is 1. The van der Waals surface area contributed by atoms with Gasteiger partial charge in [-0.3, -0.25) is 4.79 Å². The fraction of sp³-hybridized carbons (Fsp3) is 0.294. The molecule has 0 aliphatic rings. The number of fused-ring (bicyclic) bond motifs is 1. The van der Waals surface area contributed by atoms with Crippen LogP contribution >= 0.6 is 15.9 Å². The van der Waals surface area contributed by atoms with E-state index >= 15 is 0 Å². The first-order valence-corrected chi connectivity index (χ1v) is 8.62. The molecule has 0 amide bonds. The van der Waals surface area contributed by atoms with Crippen molar-refractivity contribution in [3.8, 4) is 0 Å². The predicted molar refractivity (Wildman–Crippen MR) is 96.9 cm³/mol. The zero-order chi connectivity index (χ0) is 18.0. The molecule has 2 N–H and O–H groups in total. The van der Waals surface area contributed by atoms with E-state index in [1.165, 1.54) is 0 Å². The van der Waals surface area contributed by atoms with Crippen molar-refractivity contribution in [1.82, 2.24) is 19.6 Å². The Morgan fingerprint density at radius 1 is 1.28 bits per heavy atom. The minimum absolute atomic E-state index is 0.181.